The summed E-state index contributed by atoms with van der Waals surface area (Å²) in [5.41, 5.74) is -0.586. The molecule has 2 bridgehead atoms. The molecule has 2 N–H and O–H groups in total. The fourth-order valence-electron chi connectivity index (χ4n) is 4.34. The van der Waals surface area contributed by atoms with Gasteiger partial charge in [0.1, 0.15) is 0 Å². The molecular weight excluding hydrogens is 200 g/mol. The SMILES string of the molecule is CCC(C)(O)C1C2CCC(C)(C1O)C2(C)C. The zero-order chi connectivity index (χ0) is 12.4. The highest BCUT2D eigenvalue weighted by Gasteiger charge is 2.68. The van der Waals surface area contributed by atoms with Gasteiger partial charge in [0, 0.05) is 5.92 Å². The lowest BCUT2D eigenvalue weighted by Gasteiger charge is -2.41. The second kappa shape index (κ2) is 3.23. The molecule has 2 aliphatic rings. The average molecular weight is 226 g/mol. The number of aliphatic hydroxyl groups is 2. The lowest BCUT2D eigenvalue weighted by molar-refractivity contribution is -0.0994. The van der Waals surface area contributed by atoms with E-state index in [2.05, 4.69) is 20.8 Å². The molecule has 0 radical (unpaired) electrons. The number of fused-ring (bicyclic) bond motifs is 2. The summed E-state index contributed by atoms with van der Waals surface area (Å²) < 4.78 is 0. The Kier molecular flexibility index (Phi) is 2.50. The van der Waals surface area contributed by atoms with Crippen LogP contribution >= 0.6 is 0 Å². The minimum Gasteiger partial charge on any atom is -0.392 e. The molecule has 94 valence electrons. The lowest BCUT2D eigenvalue weighted by atomic mass is 9.69. The summed E-state index contributed by atoms with van der Waals surface area (Å²) in [6.07, 6.45) is 2.62. The molecule has 0 amide bonds. The minimum atomic E-state index is -0.723. The van der Waals surface area contributed by atoms with E-state index in [-0.39, 0.29) is 22.9 Å². The lowest BCUT2D eigenvalue weighted by Crippen LogP contribution is -2.47. The van der Waals surface area contributed by atoms with Crippen molar-refractivity contribution in [1.82, 2.24) is 0 Å². The molecule has 0 aromatic carbocycles. The van der Waals surface area contributed by atoms with Crippen LogP contribution in [0.4, 0.5) is 0 Å². The third-order valence-corrected chi connectivity index (χ3v) is 6.23. The Bertz CT molecular complexity index is 295. The van der Waals surface area contributed by atoms with Crippen LogP contribution in [0.5, 0.6) is 0 Å². The number of aliphatic hydroxyl groups excluding tert-OH is 1. The molecule has 0 spiro atoms. The van der Waals surface area contributed by atoms with Crippen LogP contribution in [0.15, 0.2) is 0 Å². The average Bonchev–Trinajstić information content (AvgIpc) is 2.49. The van der Waals surface area contributed by atoms with Crippen molar-refractivity contribution in [3.8, 4) is 0 Å². The van der Waals surface area contributed by atoms with Crippen LogP contribution < -0.4 is 0 Å². The Balaban J connectivity index is 2.40. The molecule has 2 heteroatoms. The predicted octanol–water partition coefficient (Wildman–Crippen LogP) is 2.58. The van der Waals surface area contributed by atoms with E-state index in [0.717, 1.165) is 19.3 Å². The second-order valence-electron chi connectivity index (χ2n) is 6.97. The summed E-state index contributed by atoms with van der Waals surface area (Å²) in [7, 11) is 0. The molecule has 2 aliphatic carbocycles. The molecule has 0 heterocycles. The number of hydrogen-bond acceptors (Lipinski definition) is 2. The quantitative estimate of drug-likeness (QED) is 0.760. The maximum absolute atomic E-state index is 10.6. The Hall–Kier alpha value is -0.0800. The van der Waals surface area contributed by atoms with Crippen molar-refractivity contribution in [3.63, 3.8) is 0 Å². The van der Waals surface area contributed by atoms with E-state index in [1.54, 1.807) is 0 Å². The highest BCUT2D eigenvalue weighted by atomic mass is 16.3. The van der Waals surface area contributed by atoms with Gasteiger partial charge in [-0.05, 0) is 42.9 Å². The van der Waals surface area contributed by atoms with Crippen molar-refractivity contribution in [2.45, 2.75) is 65.6 Å². The van der Waals surface area contributed by atoms with Crippen LogP contribution in [-0.2, 0) is 0 Å². The van der Waals surface area contributed by atoms with Crippen molar-refractivity contribution in [2.75, 3.05) is 0 Å². The zero-order valence-corrected chi connectivity index (χ0v) is 11.2. The Morgan fingerprint density at radius 2 is 1.88 bits per heavy atom. The normalized spacial score (nSPS) is 49.3. The minimum absolute atomic E-state index is 0.0124. The van der Waals surface area contributed by atoms with Crippen molar-refractivity contribution >= 4 is 0 Å². The van der Waals surface area contributed by atoms with Crippen molar-refractivity contribution in [3.05, 3.63) is 0 Å². The van der Waals surface area contributed by atoms with Crippen molar-refractivity contribution < 1.29 is 10.2 Å². The summed E-state index contributed by atoms with van der Waals surface area (Å²) >= 11 is 0. The van der Waals surface area contributed by atoms with Crippen molar-refractivity contribution in [2.24, 2.45) is 22.7 Å². The molecule has 0 aromatic rings. The van der Waals surface area contributed by atoms with E-state index >= 15 is 0 Å². The maximum Gasteiger partial charge on any atom is 0.0672 e. The molecule has 0 aromatic heterocycles. The van der Waals surface area contributed by atoms with E-state index in [1.165, 1.54) is 0 Å². The summed E-state index contributed by atoms with van der Waals surface area (Å²) in [4.78, 5) is 0. The van der Waals surface area contributed by atoms with Gasteiger partial charge in [-0.15, -0.1) is 0 Å². The molecule has 2 rings (SSSR count). The molecule has 0 aliphatic heterocycles. The molecule has 2 saturated carbocycles. The van der Waals surface area contributed by atoms with Gasteiger partial charge in [0.25, 0.3) is 0 Å². The highest BCUT2D eigenvalue weighted by molar-refractivity contribution is 5.17. The molecule has 5 unspecified atom stereocenters. The first-order valence-corrected chi connectivity index (χ1v) is 6.59. The van der Waals surface area contributed by atoms with E-state index in [9.17, 15) is 10.2 Å². The molecular formula is C14H26O2. The van der Waals surface area contributed by atoms with Gasteiger partial charge in [-0.3, -0.25) is 0 Å². The van der Waals surface area contributed by atoms with Gasteiger partial charge in [-0.1, -0.05) is 27.7 Å². The van der Waals surface area contributed by atoms with E-state index < -0.39 is 5.60 Å². The van der Waals surface area contributed by atoms with Gasteiger partial charge in [0.2, 0.25) is 0 Å². The Morgan fingerprint density at radius 3 is 2.25 bits per heavy atom. The first-order valence-electron chi connectivity index (χ1n) is 6.59. The third kappa shape index (κ3) is 1.20. The molecule has 2 nitrogen and oxygen atoms in total. The van der Waals surface area contributed by atoms with Crippen LogP contribution in [0.25, 0.3) is 0 Å². The fourth-order valence-corrected chi connectivity index (χ4v) is 4.34. The van der Waals surface area contributed by atoms with Gasteiger partial charge in [0.15, 0.2) is 0 Å². The third-order valence-electron chi connectivity index (χ3n) is 6.23. The topological polar surface area (TPSA) is 40.5 Å². The molecule has 0 saturated heterocycles. The fraction of sp³-hybridized carbons (Fsp3) is 1.00. The number of hydrogen-bond donors (Lipinski definition) is 2. The standard InChI is InChI=1S/C14H26O2/c1-6-14(5,16)10-9-7-8-13(4,11(10)15)12(9,2)3/h9-11,15-16H,6-8H2,1-5H3. The van der Waals surface area contributed by atoms with Gasteiger partial charge in [-0.25, -0.2) is 0 Å². The zero-order valence-electron chi connectivity index (χ0n) is 11.2. The first kappa shape index (κ1) is 12.4. The van der Waals surface area contributed by atoms with Gasteiger partial charge >= 0.3 is 0 Å². The van der Waals surface area contributed by atoms with Gasteiger partial charge in [-0.2, -0.15) is 0 Å². The largest absolute Gasteiger partial charge is 0.392 e. The van der Waals surface area contributed by atoms with Crippen LogP contribution in [-0.4, -0.2) is 21.9 Å². The van der Waals surface area contributed by atoms with Crippen LogP contribution in [0.1, 0.15) is 53.9 Å². The molecule has 16 heavy (non-hydrogen) atoms. The van der Waals surface area contributed by atoms with E-state index in [0.29, 0.717) is 5.92 Å². The molecule has 2 fully saturated rings. The van der Waals surface area contributed by atoms with Crippen molar-refractivity contribution in [1.29, 1.82) is 0 Å². The summed E-state index contributed by atoms with van der Waals surface area (Å²) in [6.45, 7) is 10.6. The Morgan fingerprint density at radius 1 is 1.31 bits per heavy atom. The van der Waals surface area contributed by atoms with E-state index in [1.807, 2.05) is 13.8 Å². The van der Waals surface area contributed by atoms with Crippen LogP contribution in [0, 0.1) is 22.7 Å². The Labute approximate surface area is 99.1 Å². The first-order chi connectivity index (χ1) is 7.18. The van der Waals surface area contributed by atoms with E-state index in [4.69, 9.17) is 0 Å². The van der Waals surface area contributed by atoms with Gasteiger partial charge < -0.3 is 10.2 Å². The van der Waals surface area contributed by atoms with Crippen LogP contribution in [0.2, 0.25) is 0 Å². The predicted molar refractivity (Wildman–Crippen MR) is 65.0 cm³/mol. The second-order valence-corrected chi connectivity index (χ2v) is 6.97. The van der Waals surface area contributed by atoms with Crippen LogP contribution in [0.3, 0.4) is 0 Å². The summed E-state index contributed by atoms with van der Waals surface area (Å²) in [5.74, 6) is 0.508. The summed E-state index contributed by atoms with van der Waals surface area (Å²) in [6, 6.07) is 0. The van der Waals surface area contributed by atoms with Gasteiger partial charge in [0.05, 0.1) is 11.7 Å². The number of rotatable bonds is 2. The highest BCUT2D eigenvalue weighted by Crippen LogP contribution is 2.69. The smallest absolute Gasteiger partial charge is 0.0672 e. The summed E-state index contributed by atoms with van der Waals surface area (Å²) in [5, 5.41) is 21.1. The maximum atomic E-state index is 10.6. The monoisotopic (exact) mass is 226 g/mol. The molecule has 5 atom stereocenters.